The Kier molecular flexibility index (Phi) is 6.19. The van der Waals surface area contributed by atoms with Gasteiger partial charge in [0.05, 0.1) is 7.11 Å². The average molecular weight is 389 g/mol. The fraction of sp³-hybridized carbons (Fsp3) is 0.278. The van der Waals surface area contributed by atoms with Crippen LogP contribution in [0.5, 0.6) is 5.75 Å². The molecule has 136 valence electrons. The summed E-state index contributed by atoms with van der Waals surface area (Å²) < 4.78 is 7.52. The van der Waals surface area contributed by atoms with E-state index in [9.17, 15) is 4.79 Å². The van der Waals surface area contributed by atoms with Crippen LogP contribution in [0, 0.1) is 4.77 Å². The third-order valence-electron chi connectivity index (χ3n) is 3.94. The molecule has 3 rings (SSSR count). The van der Waals surface area contributed by atoms with Crippen molar-refractivity contribution in [1.82, 2.24) is 20.1 Å². The van der Waals surface area contributed by atoms with Crippen LogP contribution in [-0.2, 0) is 17.8 Å². The monoisotopic (exact) mass is 388 g/mol. The lowest BCUT2D eigenvalue weighted by Crippen LogP contribution is -2.26. The number of H-pyrrole nitrogens is 1. The molecule has 0 aliphatic carbocycles. The maximum absolute atomic E-state index is 12.1. The zero-order chi connectivity index (χ0) is 18.4. The summed E-state index contributed by atoms with van der Waals surface area (Å²) >= 11 is 7.00. The first-order valence-corrected chi connectivity index (χ1v) is 9.55. The van der Waals surface area contributed by atoms with Gasteiger partial charge in [0.2, 0.25) is 5.91 Å². The summed E-state index contributed by atoms with van der Waals surface area (Å²) in [6.07, 6.45) is 1.20. The van der Waals surface area contributed by atoms with Crippen LogP contribution in [0.2, 0.25) is 0 Å². The Morgan fingerprint density at radius 3 is 2.85 bits per heavy atom. The summed E-state index contributed by atoms with van der Waals surface area (Å²) in [5.41, 5.74) is 0.913. The van der Waals surface area contributed by atoms with Gasteiger partial charge in [0.1, 0.15) is 5.75 Å². The predicted octanol–water partition coefficient (Wildman–Crippen LogP) is 3.43. The zero-order valence-electron chi connectivity index (χ0n) is 14.4. The number of rotatable bonds is 8. The number of methoxy groups -OCH3 is 1. The molecule has 0 atom stereocenters. The van der Waals surface area contributed by atoms with Gasteiger partial charge < -0.3 is 10.1 Å². The molecule has 3 aromatic rings. The molecular weight excluding hydrogens is 368 g/mol. The Labute approximate surface area is 160 Å². The van der Waals surface area contributed by atoms with E-state index in [4.69, 9.17) is 17.0 Å². The third kappa shape index (κ3) is 4.59. The molecule has 0 fully saturated rings. The first-order valence-electron chi connectivity index (χ1n) is 8.26. The topological polar surface area (TPSA) is 71.9 Å². The number of thiophene rings is 1. The Hall–Kier alpha value is -2.45. The van der Waals surface area contributed by atoms with Gasteiger partial charge in [-0.15, -0.1) is 11.3 Å². The highest BCUT2D eigenvalue weighted by atomic mass is 32.1. The minimum absolute atomic E-state index is 0.00494. The molecule has 0 aliphatic heterocycles. The van der Waals surface area contributed by atoms with Gasteiger partial charge in [-0.2, -0.15) is 5.10 Å². The smallest absolute Gasteiger partial charge is 0.221 e. The van der Waals surface area contributed by atoms with Crippen molar-refractivity contribution in [2.45, 2.75) is 19.4 Å². The van der Waals surface area contributed by atoms with Gasteiger partial charge in [-0.25, -0.2) is 0 Å². The second-order valence-electron chi connectivity index (χ2n) is 5.66. The minimum atomic E-state index is 0.00494. The predicted molar refractivity (Wildman–Crippen MR) is 105 cm³/mol. The van der Waals surface area contributed by atoms with E-state index in [1.807, 2.05) is 40.3 Å². The first-order chi connectivity index (χ1) is 12.7. The second kappa shape index (κ2) is 8.77. The van der Waals surface area contributed by atoms with E-state index in [0.29, 0.717) is 30.1 Å². The largest absolute Gasteiger partial charge is 0.497 e. The van der Waals surface area contributed by atoms with Gasteiger partial charge in [-0.1, -0.05) is 6.07 Å². The molecule has 26 heavy (non-hydrogen) atoms. The summed E-state index contributed by atoms with van der Waals surface area (Å²) in [5, 5.41) is 12.1. The van der Waals surface area contributed by atoms with Crippen molar-refractivity contribution in [3.8, 4) is 17.1 Å². The number of hydrogen-bond acceptors (Lipinski definition) is 5. The Morgan fingerprint density at radius 1 is 1.35 bits per heavy atom. The van der Waals surface area contributed by atoms with Crippen molar-refractivity contribution in [2.24, 2.45) is 0 Å². The molecule has 0 bridgehead atoms. The molecule has 0 radical (unpaired) electrons. The highest BCUT2D eigenvalue weighted by Crippen LogP contribution is 2.21. The fourth-order valence-electron chi connectivity index (χ4n) is 2.57. The van der Waals surface area contributed by atoms with Crippen LogP contribution < -0.4 is 10.1 Å². The number of carbonyl (C=O) groups is 1. The van der Waals surface area contributed by atoms with E-state index in [1.54, 1.807) is 18.4 Å². The van der Waals surface area contributed by atoms with Gasteiger partial charge in [0, 0.05) is 30.0 Å². The SMILES string of the molecule is COc1ccc(-c2n[nH]c(=S)n2CCC(=O)NCCc2cccs2)cc1. The molecule has 2 aromatic heterocycles. The molecule has 0 unspecified atom stereocenters. The van der Waals surface area contributed by atoms with Crippen LogP contribution in [0.1, 0.15) is 11.3 Å². The van der Waals surface area contributed by atoms with Gasteiger partial charge in [-0.3, -0.25) is 14.5 Å². The number of nitrogens with one attached hydrogen (secondary N) is 2. The fourth-order valence-corrected chi connectivity index (χ4v) is 3.50. The normalized spacial score (nSPS) is 10.7. The lowest BCUT2D eigenvalue weighted by molar-refractivity contribution is -0.121. The molecule has 2 heterocycles. The van der Waals surface area contributed by atoms with Crippen molar-refractivity contribution in [3.63, 3.8) is 0 Å². The number of ether oxygens (including phenoxy) is 1. The minimum Gasteiger partial charge on any atom is -0.497 e. The van der Waals surface area contributed by atoms with Crippen LogP contribution >= 0.6 is 23.6 Å². The molecular formula is C18H20N4O2S2. The van der Waals surface area contributed by atoms with Gasteiger partial charge in [0.25, 0.3) is 0 Å². The number of nitrogens with zero attached hydrogens (tertiary/aromatic N) is 2. The quantitative estimate of drug-likeness (QED) is 0.580. The highest BCUT2D eigenvalue weighted by Gasteiger charge is 2.11. The molecule has 0 aliphatic rings. The molecule has 6 nitrogen and oxygen atoms in total. The standard InChI is InChI=1S/C18H20N4O2S2/c1-24-14-6-4-13(5-7-14)17-20-21-18(25)22(17)11-9-16(23)19-10-8-15-3-2-12-26-15/h2-7,12H,8-11H2,1H3,(H,19,23)(H,21,25). The van der Waals surface area contributed by atoms with E-state index in [2.05, 4.69) is 21.6 Å². The maximum Gasteiger partial charge on any atom is 0.221 e. The Bertz CT molecular complexity index is 898. The van der Waals surface area contributed by atoms with Crippen LogP contribution in [0.4, 0.5) is 0 Å². The number of aromatic amines is 1. The molecule has 1 aromatic carbocycles. The summed E-state index contributed by atoms with van der Waals surface area (Å²) in [7, 11) is 1.63. The van der Waals surface area contributed by atoms with Crippen molar-refractivity contribution in [2.75, 3.05) is 13.7 Å². The summed E-state index contributed by atoms with van der Waals surface area (Å²) in [6.45, 7) is 1.11. The van der Waals surface area contributed by atoms with Crippen molar-refractivity contribution in [3.05, 3.63) is 51.4 Å². The number of amides is 1. The molecule has 0 saturated carbocycles. The molecule has 2 N–H and O–H groups in total. The van der Waals surface area contributed by atoms with Crippen LogP contribution in [0.25, 0.3) is 11.4 Å². The molecule has 0 spiro atoms. The average Bonchev–Trinajstić information content (AvgIpc) is 3.30. The highest BCUT2D eigenvalue weighted by molar-refractivity contribution is 7.71. The van der Waals surface area contributed by atoms with Crippen LogP contribution in [-0.4, -0.2) is 34.3 Å². The van der Waals surface area contributed by atoms with Gasteiger partial charge in [0.15, 0.2) is 10.6 Å². The Morgan fingerprint density at radius 2 is 2.15 bits per heavy atom. The van der Waals surface area contributed by atoms with Crippen molar-refractivity contribution < 1.29 is 9.53 Å². The van der Waals surface area contributed by atoms with E-state index >= 15 is 0 Å². The van der Waals surface area contributed by atoms with E-state index in [1.165, 1.54) is 4.88 Å². The van der Waals surface area contributed by atoms with Gasteiger partial charge >= 0.3 is 0 Å². The van der Waals surface area contributed by atoms with E-state index < -0.39 is 0 Å². The second-order valence-corrected chi connectivity index (χ2v) is 7.08. The molecule has 0 saturated heterocycles. The third-order valence-corrected chi connectivity index (χ3v) is 5.19. The summed E-state index contributed by atoms with van der Waals surface area (Å²) in [5.74, 6) is 1.49. The lowest BCUT2D eigenvalue weighted by atomic mass is 10.2. The number of carbonyl (C=O) groups excluding carboxylic acids is 1. The zero-order valence-corrected chi connectivity index (χ0v) is 16.0. The number of hydrogen-bond donors (Lipinski definition) is 2. The summed E-state index contributed by atoms with van der Waals surface area (Å²) in [4.78, 5) is 13.4. The molecule has 8 heteroatoms. The van der Waals surface area contributed by atoms with E-state index in [-0.39, 0.29) is 5.91 Å². The van der Waals surface area contributed by atoms with Crippen LogP contribution in [0.15, 0.2) is 41.8 Å². The summed E-state index contributed by atoms with van der Waals surface area (Å²) in [6, 6.07) is 11.7. The Balaban J connectivity index is 1.58. The van der Waals surface area contributed by atoms with E-state index in [0.717, 1.165) is 17.7 Å². The molecule has 1 amide bonds. The first kappa shape index (κ1) is 18.3. The lowest BCUT2D eigenvalue weighted by Gasteiger charge is -2.08. The van der Waals surface area contributed by atoms with Gasteiger partial charge in [-0.05, 0) is 54.4 Å². The van der Waals surface area contributed by atoms with Crippen LogP contribution in [0.3, 0.4) is 0 Å². The van der Waals surface area contributed by atoms with Crippen molar-refractivity contribution in [1.29, 1.82) is 0 Å². The number of aromatic nitrogens is 3. The maximum atomic E-state index is 12.1. The number of benzene rings is 1. The van der Waals surface area contributed by atoms with Crippen molar-refractivity contribution >= 4 is 29.5 Å².